The van der Waals surface area contributed by atoms with E-state index in [9.17, 15) is 15.0 Å². The molecule has 0 radical (unpaired) electrons. The summed E-state index contributed by atoms with van der Waals surface area (Å²) >= 11 is 4.26. The Morgan fingerprint density at radius 3 is 2.71 bits per heavy atom. The summed E-state index contributed by atoms with van der Waals surface area (Å²) in [5.74, 6) is -1.14. The highest BCUT2D eigenvalue weighted by molar-refractivity contribution is 8.06. The van der Waals surface area contributed by atoms with Gasteiger partial charge < -0.3 is 35.0 Å². The standard InChI is InChI=1S/C8H13N4O7PS/c9-6(15)7-10-2-12(11-7)8-5(14)4(13)3(19-8)1-18-20(16,17)21/h2-5,8,13-14H,1H2,(H2,9,15)(H2,16,17,21)/t3-,4+,5?,8-/m1/s1. The topological polar surface area (TPSA) is 173 Å². The molecule has 0 aromatic carbocycles. The summed E-state index contributed by atoms with van der Waals surface area (Å²) < 4.78 is 10.9. The van der Waals surface area contributed by atoms with Gasteiger partial charge in [-0.1, -0.05) is 0 Å². The van der Waals surface area contributed by atoms with Crippen LogP contribution in [0.5, 0.6) is 0 Å². The first-order chi connectivity index (χ1) is 9.69. The van der Waals surface area contributed by atoms with E-state index in [0.717, 1.165) is 11.0 Å². The van der Waals surface area contributed by atoms with E-state index < -0.39 is 43.8 Å². The Morgan fingerprint density at radius 1 is 1.52 bits per heavy atom. The molecule has 2 heterocycles. The number of ether oxygens (including phenoxy) is 1. The molecule has 2 rings (SSSR count). The second-order valence-corrected chi connectivity index (χ2v) is 6.91. The molecule has 1 unspecified atom stereocenters. The number of hydrogen-bond donors (Lipinski definition) is 5. The molecule has 0 aliphatic carbocycles. The predicted octanol–water partition coefficient (Wildman–Crippen LogP) is -2.78. The lowest BCUT2D eigenvalue weighted by atomic mass is 10.1. The van der Waals surface area contributed by atoms with Crippen molar-refractivity contribution >= 4 is 24.4 Å². The summed E-state index contributed by atoms with van der Waals surface area (Å²) in [5, 5.41) is 23.4. The van der Waals surface area contributed by atoms with Crippen molar-refractivity contribution in [1.82, 2.24) is 14.8 Å². The van der Waals surface area contributed by atoms with Gasteiger partial charge in [0.05, 0.1) is 6.61 Å². The Bertz CT molecular complexity index is 577. The van der Waals surface area contributed by atoms with Crippen molar-refractivity contribution in [3.05, 3.63) is 12.2 Å². The van der Waals surface area contributed by atoms with Crippen LogP contribution in [0.4, 0.5) is 0 Å². The molecule has 1 saturated heterocycles. The molecule has 11 nitrogen and oxygen atoms in total. The highest BCUT2D eigenvalue weighted by Crippen LogP contribution is 2.38. The predicted molar refractivity (Wildman–Crippen MR) is 69.1 cm³/mol. The summed E-state index contributed by atoms with van der Waals surface area (Å²) in [7, 11) is 0. The van der Waals surface area contributed by atoms with Crippen LogP contribution in [0.25, 0.3) is 0 Å². The third-order valence-electron chi connectivity index (χ3n) is 2.73. The highest BCUT2D eigenvalue weighted by atomic mass is 32.5. The first kappa shape index (κ1) is 16.4. The van der Waals surface area contributed by atoms with Gasteiger partial charge in [0, 0.05) is 0 Å². The largest absolute Gasteiger partial charge is 0.387 e. The number of nitrogens with two attached hydrogens (primary N) is 1. The van der Waals surface area contributed by atoms with Crippen LogP contribution < -0.4 is 5.73 Å². The summed E-state index contributed by atoms with van der Waals surface area (Å²) in [6, 6.07) is 0. The fourth-order valence-electron chi connectivity index (χ4n) is 1.77. The second kappa shape index (κ2) is 6.02. The fourth-order valence-corrected chi connectivity index (χ4v) is 2.29. The van der Waals surface area contributed by atoms with Crippen molar-refractivity contribution in [2.45, 2.75) is 24.5 Å². The first-order valence-electron chi connectivity index (χ1n) is 5.61. The van der Waals surface area contributed by atoms with Crippen LogP contribution in [0.2, 0.25) is 0 Å². The van der Waals surface area contributed by atoms with Gasteiger partial charge >= 0.3 is 6.72 Å². The van der Waals surface area contributed by atoms with Crippen LogP contribution in [0.15, 0.2) is 6.33 Å². The quantitative estimate of drug-likeness (QED) is 0.353. The Kier molecular flexibility index (Phi) is 4.70. The number of aliphatic hydroxyl groups is 2. The molecule has 13 heteroatoms. The van der Waals surface area contributed by atoms with Crippen molar-refractivity contribution in [1.29, 1.82) is 0 Å². The Labute approximate surface area is 123 Å². The normalized spacial score (nSPS) is 29.7. The smallest absolute Gasteiger partial charge is 0.321 e. The molecule has 1 fully saturated rings. The molecule has 1 aromatic rings. The van der Waals surface area contributed by atoms with E-state index in [1.807, 2.05) is 0 Å². The number of aromatic nitrogens is 3. The summed E-state index contributed by atoms with van der Waals surface area (Å²) in [4.78, 5) is 32.4. The van der Waals surface area contributed by atoms with E-state index in [-0.39, 0.29) is 5.82 Å². The summed E-state index contributed by atoms with van der Waals surface area (Å²) in [6.07, 6.45) is -3.86. The molecule has 1 aromatic heterocycles. The van der Waals surface area contributed by atoms with Gasteiger partial charge in [0.25, 0.3) is 5.91 Å². The molecule has 0 saturated carbocycles. The number of nitrogens with zero attached hydrogens (tertiary/aromatic N) is 3. The van der Waals surface area contributed by atoms with Crippen LogP contribution >= 0.6 is 6.72 Å². The van der Waals surface area contributed by atoms with Gasteiger partial charge in [0.1, 0.15) is 24.6 Å². The van der Waals surface area contributed by atoms with E-state index in [4.69, 9.17) is 20.3 Å². The zero-order valence-corrected chi connectivity index (χ0v) is 12.1. The average molecular weight is 340 g/mol. The van der Waals surface area contributed by atoms with E-state index in [1.165, 1.54) is 0 Å². The molecule has 0 bridgehead atoms. The van der Waals surface area contributed by atoms with Gasteiger partial charge in [-0.3, -0.25) is 4.79 Å². The van der Waals surface area contributed by atoms with E-state index in [0.29, 0.717) is 0 Å². The number of hydrogen-bond acceptors (Lipinski definition) is 8. The molecule has 6 N–H and O–H groups in total. The van der Waals surface area contributed by atoms with Crippen molar-refractivity contribution in [2.24, 2.45) is 5.73 Å². The Balaban J connectivity index is 2.08. The molecular weight excluding hydrogens is 327 g/mol. The average Bonchev–Trinajstić information content (AvgIpc) is 2.94. The maximum atomic E-state index is 10.9. The lowest BCUT2D eigenvalue weighted by Crippen LogP contribution is -2.33. The van der Waals surface area contributed by atoms with Gasteiger partial charge in [-0.25, -0.2) is 9.67 Å². The first-order valence-corrected chi connectivity index (χ1v) is 8.24. The van der Waals surface area contributed by atoms with E-state index in [2.05, 4.69) is 26.4 Å². The van der Waals surface area contributed by atoms with Crippen LogP contribution in [0.3, 0.4) is 0 Å². The van der Waals surface area contributed by atoms with Gasteiger partial charge in [0.15, 0.2) is 6.23 Å². The van der Waals surface area contributed by atoms with Crippen LogP contribution in [0.1, 0.15) is 16.8 Å². The zero-order valence-electron chi connectivity index (χ0n) is 10.4. The van der Waals surface area contributed by atoms with Crippen LogP contribution in [0, 0.1) is 0 Å². The van der Waals surface area contributed by atoms with Crippen molar-refractivity contribution in [3.63, 3.8) is 0 Å². The second-order valence-electron chi connectivity index (χ2n) is 4.25. The monoisotopic (exact) mass is 340 g/mol. The molecule has 0 spiro atoms. The third-order valence-corrected chi connectivity index (χ3v) is 3.54. The maximum Gasteiger partial charge on any atom is 0.321 e. The van der Waals surface area contributed by atoms with Crippen molar-refractivity contribution in [3.8, 4) is 0 Å². The molecule has 1 aliphatic rings. The Morgan fingerprint density at radius 2 is 2.19 bits per heavy atom. The maximum absolute atomic E-state index is 10.9. The molecule has 1 amide bonds. The van der Waals surface area contributed by atoms with Gasteiger partial charge in [-0.2, -0.15) is 0 Å². The van der Waals surface area contributed by atoms with E-state index in [1.54, 1.807) is 0 Å². The van der Waals surface area contributed by atoms with Gasteiger partial charge in [0.2, 0.25) is 5.82 Å². The fraction of sp³-hybridized carbons (Fsp3) is 0.625. The zero-order chi connectivity index (χ0) is 15.8. The van der Waals surface area contributed by atoms with Gasteiger partial charge in [-0.15, -0.1) is 5.10 Å². The number of aliphatic hydroxyl groups excluding tert-OH is 2. The molecule has 4 atom stereocenters. The number of rotatable bonds is 5. The molecule has 21 heavy (non-hydrogen) atoms. The van der Waals surface area contributed by atoms with Crippen LogP contribution in [-0.4, -0.2) is 65.6 Å². The van der Waals surface area contributed by atoms with Crippen molar-refractivity contribution in [2.75, 3.05) is 6.61 Å². The molecule has 118 valence electrons. The Hall–Kier alpha value is -0.980. The van der Waals surface area contributed by atoms with E-state index >= 15 is 0 Å². The molecule has 1 aliphatic heterocycles. The minimum absolute atomic E-state index is 0.277. The lowest BCUT2D eigenvalue weighted by molar-refractivity contribution is -0.0566. The number of primary amides is 1. The lowest BCUT2D eigenvalue weighted by Gasteiger charge is -2.16. The van der Waals surface area contributed by atoms with Crippen LogP contribution in [-0.2, 0) is 21.1 Å². The molecular formula is C8H13N4O7PS. The summed E-state index contributed by atoms with van der Waals surface area (Å²) in [6.45, 7) is -4.33. The van der Waals surface area contributed by atoms with Crippen molar-refractivity contribution < 1.29 is 34.1 Å². The summed E-state index contributed by atoms with van der Waals surface area (Å²) in [5.41, 5.74) is 5.00. The SMILES string of the molecule is NC(=O)c1ncn([C@@H]2O[C@H](COP(O)(O)=S)[C@H](O)C2O)n1. The highest BCUT2D eigenvalue weighted by Gasteiger charge is 2.44. The van der Waals surface area contributed by atoms with Gasteiger partial charge in [-0.05, 0) is 11.8 Å². The minimum Gasteiger partial charge on any atom is -0.387 e. The number of amides is 1. The number of carbonyl (C=O) groups is 1. The number of carbonyl (C=O) groups excluding carboxylic acids is 1. The minimum atomic E-state index is -3.90. The third kappa shape index (κ3) is 3.81.